The Kier molecular flexibility index (Phi) is 8.81. The third-order valence-corrected chi connectivity index (χ3v) is 5.49. The minimum atomic E-state index is 0.494. The fraction of sp³-hybridized carbons (Fsp3) is 0.714. The molecule has 0 spiro atoms. The molecule has 0 aliphatic heterocycles. The molecule has 1 unspecified atom stereocenters. The summed E-state index contributed by atoms with van der Waals surface area (Å²) < 4.78 is 2.46. The molecule has 1 N–H and O–H groups in total. The topological polar surface area (TPSA) is 12.0 Å². The van der Waals surface area contributed by atoms with Gasteiger partial charge in [0.15, 0.2) is 0 Å². The van der Waals surface area contributed by atoms with Crippen LogP contribution in [-0.4, -0.2) is 6.54 Å². The first-order valence-electron chi connectivity index (χ1n) is 6.87. The van der Waals surface area contributed by atoms with Crippen molar-refractivity contribution >= 4 is 43.2 Å². The van der Waals surface area contributed by atoms with Gasteiger partial charge in [-0.1, -0.05) is 46.0 Å². The molecule has 104 valence electrons. The predicted molar refractivity (Wildman–Crippen MR) is 89.5 cm³/mol. The first-order chi connectivity index (χ1) is 8.69. The molecule has 0 amide bonds. The van der Waals surface area contributed by atoms with E-state index in [2.05, 4.69) is 57.1 Å². The number of thiophene rings is 1. The zero-order valence-corrected chi connectivity index (χ0v) is 15.3. The largest absolute Gasteiger partial charge is 0.310 e. The van der Waals surface area contributed by atoms with E-state index in [1.54, 1.807) is 11.3 Å². The Morgan fingerprint density at radius 2 is 1.89 bits per heavy atom. The Labute approximate surface area is 132 Å². The maximum Gasteiger partial charge on any atom is 0.0758 e. The molecule has 0 fully saturated rings. The molecule has 0 aliphatic rings. The summed E-state index contributed by atoms with van der Waals surface area (Å²) >= 11 is 9.00. The van der Waals surface area contributed by atoms with Crippen LogP contribution in [0.5, 0.6) is 0 Å². The van der Waals surface area contributed by atoms with Crippen molar-refractivity contribution in [3.8, 4) is 0 Å². The average molecular weight is 397 g/mol. The lowest BCUT2D eigenvalue weighted by Gasteiger charge is -2.17. The van der Waals surface area contributed by atoms with E-state index in [0.29, 0.717) is 6.04 Å². The summed E-state index contributed by atoms with van der Waals surface area (Å²) in [6.07, 6.45) is 7.98. The molecular weight excluding hydrogens is 374 g/mol. The van der Waals surface area contributed by atoms with Gasteiger partial charge in [-0.15, -0.1) is 11.3 Å². The van der Waals surface area contributed by atoms with Gasteiger partial charge in [0.2, 0.25) is 0 Å². The summed E-state index contributed by atoms with van der Waals surface area (Å²) in [6, 6.07) is 2.74. The number of hydrogen-bond acceptors (Lipinski definition) is 2. The van der Waals surface area contributed by atoms with Gasteiger partial charge in [0.25, 0.3) is 0 Å². The quantitative estimate of drug-likeness (QED) is 0.484. The molecule has 0 aromatic carbocycles. The van der Waals surface area contributed by atoms with E-state index in [1.807, 2.05) is 0 Å². The minimum Gasteiger partial charge on any atom is -0.310 e. The van der Waals surface area contributed by atoms with Crippen LogP contribution in [0.4, 0.5) is 0 Å². The number of unbranched alkanes of at least 4 members (excludes halogenated alkanes) is 4. The van der Waals surface area contributed by atoms with E-state index in [0.717, 1.165) is 6.54 Å². The smallest absolute Gasteiger partial charge is 0.0758 e. The van der Waals surface area contributed by atoms with Gasteiger partial charge in [0.1, 0.15) is 0 Å². The van der Waals surface area contributed by atoms with Crippen molar-refractivity contribution in [1.82, 2.24) is 5.32 Å². The highest BCUT2D eigenvalue weighted by Gasteiger charge is 2.15. The van der Waals surface area contributed by atoms with Gasteiger partial charge in [-0.05, 0) is 56.5 Å². The van der Waals surface area contributed by atoms with Crippen molar-refractivity contribution in [3.05, 3.63) is 19.2 Å². The Morgan fingerprint density at radius 1 is 1.17 bits per heavy atom. The Hall–Kier alpha value is 0.620. The van der Waals surface area contributed by atoms with Gasteiger partial charge in [-0.2, -0.15) is 0 Å². The molecule has 0 bridgehead atoms. The van der Waals surface area contributed by atoms with Crippen LogP contribution in [0.3, 0.4) is 0 Å². The van der Waals surface area contributed by atoms with Crippen LogP contribution in [0.2, 0.25) is 0 Å². The van der Waals surface area contributed by atoms with Crippen LogP contribution in [0.1, 0.15) is 64.0 Å². The lowest BCUT2D eigenvalue weighted by molar-refractivity contribution is 0.478. The lowest BCUT2D eigenvalue weighted by Crippen LogP contribution is -2.20. The van der Waals surface area contributed by atoms with Crippen LogP contribution in [0.25, 0.3) is 0 Å². The normalized spacial score (nSPS) is 12.9. The van der Waals surface area contributed by atoms with Crippen molar-refractivity contribution in [1.29, 1.82) is 0 Å². The van der Waals surface area contributed by atoms with E-state index in [9.17, 15) is 0 Å². The number of hydrogen-bond donors (Lipinski definition) is 1. The van der Waals surface area contributed by atoms with Gasteiger partial charge < -0.3 is 5.32 Å². The molecule has 0 saturated heterocycles. The highest BCUT2D eigenvalue weighted by molar-refractivity contribution is 9.12. The zero-order valence-electron chi connectivity index (χ0n) is 11.3. The van der Waals surface area contributed by atoms with Crippen molar-refractivity contribution in [2.75, 3.05) is 6.54 Å². The molecular formula is C14H23Br2NS. The zero-order chi connectivity index (χ0) is 13.4. The molecule has 0 aliphatic carbocycles. The van der Waals surface area contributed by atoms with Crippen molar-refractivity contribution in [3.63, 3.8) is 0 Å². The first-order valence-corrected chi connectivity index (χ1v) is 9.27. The second kappa shape index (κ2) is 9.51. The average Bonchev–Trinajstić information content (AvgIpc) is 2.67. The Morgan fingerprint density at radius 3 is 2.44 bits per heavy atom. The van der Waals surface area contributed by atoms with E-state index in [4.69, 9.17) is 0 Å². The Bertz CT molecular complexity index is 339. The highest BCUT2D eigenvalue weighted by atomic mass is 79.9. The molecule has 1 nitrogen and oxygen atoms in total. The molecule has 0 radical (unpaired) electrons. The van der Waals surface area contributed by atoms with E-state index in [-0.39, 0.29) is 0 Å². The van der Waals surface area contributed by atoms with E-state index in [1.165, 1.54) is 51.7 Å². The second-order valence-electron chi connectivity index (χ2n) is 4.59. The predicted octanol–water partition coefficient (Wildman–Crippen LogP) is 6.28. The standard InChI is InChI=1S/C14H23Br2NS/c1-3-5-6-7-8-9-12(17-4-2)11-10-13(15)18-14(11)16/h10,12,17H,3-9H2,1-2H3. The van der Waals surface area contributed by atoms with E-state index < -0.39 is 0 Å². The summed E-state index contributed by atoms with van der Waals surface area (Å²) in [6.45, 7) is 5.47. The molecule has 1 rings (SSSR count). The summed E-state index contributed by atoms with van der Waals surface area (Å²) in [7, 11) is 0. The first kappa shape index (κ1) is 16.7. The molecule has 1 aromatic heterocycles. The molecule has 1 heterocycles. The van der Waals surface area contributed by atoms with Crippen LogP contribution >= 0.6 is 43.2 Å². The maximum atomic E-state index is 3.67. The van der Waals surface area contributed by atoms with Gasteiger partial charge in [-0.3, -0.25) is 0 Å². The van der Waals surface area contributed by atoms with Crippen LogP contribution in [0, 0.1) is 0 Å². The summed E-state index contributed by atoms with van der Waals surface area (Å²) in [5.74, 6) is 0. The summed E-state index contributed by atoms with van der Waals surface area (Å²) in [5, 5.41) is 3.60. The van der Waals surface area contributed by atoms with Gasteiger partial charge >= 0.3 is 0 Å². The van der Waals surface area contributed by atoms with Crippen LogP contribution < -0.4 is 5.32 Å². The van der Waals surface area contributed by atoms with Gasteiger partial charge in [0, 0.05) is 6.04 Å². The van der Waals surface area contributed by atoms with Crippen molar-refractivity contribution in [2.24, 2.45) is 0 Å². The third-order valence-electron chi connectivity index (χ3n) is 3.11. The maximum absolute atomic E-state index is 3.67. The van der Waals surface area contributed by atoms with Crippen LogP contribution in [0.15, 0.2) is 13.6 Å². The Balaban J connectivity index is 2.47. The van der Waals surface area contributed by atoms with Gasteiger partial charge in [-0.25, -0.2) is 0 Å². The number of nitrogens with one attached hydrogen (secondary N) is 1. The highest BCUT2D eigenvalue weighted by Crippen LogP contribution is 2.37. The van der Waals surface area contributed by atoms with Gasteiger partial charge in [0.05, 0.1) is 7.57 Å². The lowest BCUT2D eigenvalue weighted by atomic mass is 10.0. The monoisotopic (exact) mass is 395 g/mol. The fourth-order valence-corrected chi connectivity index (χ4v) is 5.13. The van der Waals surface area contributed by atoms with E-state index >= 15 is 0 Å². The molecule has 1 atom stereocenters. The third kappa shape index (κ3) is 5.72. The van der Waals surface area contributed by atoms with Crippen molar-refractivity contribution < 1.29 is 0 Å². The summed E-state index contributed by atoms with van der Waals surface area (Å²) in [5.41, 5.74) is 1.41. The van der Waals surface area contributed by atoms with Crippen LogP contribution in [-0.2, 0) is 0 Å². The molecule has 0 saturated carbocycles. The number of rotatable bonds is 9. The summed E-state index contributed by atoms with van der Waals surface area (Å²) in [4.78, 5) is 0. The number of halogens is 2. The molecule has 18 heavy (non-hydrogen) atoms. The SMILES string of the molecule is CCCCCCCC(NCC)c1cc(Br)sc1Br. The molecule has 4 heteroatoms. The fourth-order valence-electron chi connectivity index (χ4n) is 2.16. The van der Waals surface area contributed by atoms with Crippen molar-refractivity contribution in [2.45, 2.75) is 58.4 Å². The molecule has 1 aromatic rings. The second-order valence-corrected chi connectivity index (χ2v) is 8.34. The minimum absolute atomic E-state index is 0.494.